The Morgan fingerprint density at radius 3 is 1.96 bits per heavy atom. The van der Waals surface area contributed by atoms with Gasteiger partial charge >= 0.3 is 0 Å². The van der Waals surface area contributed by atoms with Crippen LogP contribution in [-0.2, 0) is 4.79 Å². The van der Waals surface area contributed by atoms with Gasteiger partial charge in [-0.2, -0.15) is 10.5 Å². The molecule has 0 heterocycles. The normalized spacial score (nSPS) is 9.96. The summed E-state index contributed by atoms with van der Waals surface area (Å²) in [5.41, 5.74) is 0.698. The van der Waals surface area contributed by atoms with Gasteiger partial charge in [0, 0.05) is 19.2 Å². The largest absolute Gasteiger partial charge is 0.493 e. The molecule has 7 nitrogen and oxygen atoms in total. The number of carbonyl (C=O) groups excluding carboxylic acids is 1. The maximum Gasteiger partial charge on any atom is 0.246 e. The smallest absolute Gasteiger partial charge is 0.246 e. The minimum atomic E-state index is -0.265. The Kier molecular flexibility index (Phi) is 8.39. The number of hydrogen-bond donors (Lipinski definition) is 0. The van der Waals surface area contributed by atoms with Gasteiger partial charge in [0.25, 0.3) is 0 Å². The molecule has 0 atom stereocenters. The highest BCUT2D eigenvalue weighted by atomic mass is 16.5. The van der Waals surface area contributed by atoms with Crippen LogP contribution < -0.4 is 14.2 Å². The molecule has 0 aromatic heterocycles. The van der Waals surface area contributed by atoms with Crippen molar-refractivity contribution in [1.29, 1.82) is 10.5 Å². The van der Waals surface area contributed by atoms with E-state index in [0.29, 0.717) is 22.8 Å². The number of amides is 1. The predicted octanol–water partition coefficient (Wildman–Crippen LogP) is 2.38. The standard InChI is InChI=1S/C18H21N3O4/c1-23-15-12-14(13-16(24-2)18(15)25-3)6-7-17(22)21(10-4-8-19)11-5-9-20/h6-7,12-13H,4-5,10-11H2,1-3H3. The zero-order valence-corrected chi connectivity index (χ0v) is 14.6. The van der Waals surface area contributed by atoms with Gasteiger partial charge in [0.1, 0.15) is 0 Å². The summed E-state index contributed by atoms with van der Waals surface area (Å²) in [6.45, 7) is 0.577. The van der Waals surface area contributed by atoms with Crippen LogP contribution in [-0.4, -0.2) is 45.2 Å². The maximum absolute atomic E-state index is 12.3. The van der Waals surface area contributed by atoms with Gasteiger partial charge in [-0.3, -0.25) is 4.79 Å². The fourth-order valence-electron chi connectivity index (χ4n) is 2.17. The molecule has 0 aliphatic carbocycles. The van der Waals surface area contributed by atoms with Crippen molar-refractivity contribution in [2.75, 3.05) is 34.4 Å². The van der Waals surface area contributed by atoms with E-state index in [-0.39, 0.29) is 31.8 Å². The Hall–Kier alpha value is -3.19. The lowest BCUT2D eigenvalue weighted by Crippen LogP contribution is -2.31. The summed E-state index contributed by atoms with van der Waals surface area (Å²) in [4.78, 5) is 13.8. The summed E-state index contributed by atoms with van der Waals surface area (Å²) >= 11 is 0. The van der Waals surface area contributed by atoms with Crippen LogP contribution in [0, 0.1) is 22.7 Å². The highest BCUT2D eigenvalue weighted by Gasteiger charge is 2.13. The predicted molar refractivity (Wildman–Crippen MR) is 92.2 cm³/mol. The molecule has 0 N–H and O–H groups in total. The second-order valence-corrected chi connectivity index (χ2v) is 4.93. The molecule has 0 bridgehead atoms. The topological polar surface area (TPSA) is 95.6 Å². The maximum atomic E-state index is 12.3. The fourth-order valence-corrected chi connectivity index (χ4v) is 2.17. The number of nitrogens with zero attached hydrogens (tertiary/aromatic N) is 3. The van der Waals surface area contributed by atoms with E-state index in [4.69, 9.17) is 24.7 Å². The van der Waals surface area contributed by atoms with Gasteiger partial charge in [-0.25, -0.2) is 0 Å². The molecule has 0 unspecified atom stereocenters. The van der Waals surface area contributed by atoms with Crippen molar-refractivity contribution in [2.24, 2.45) is 0 Å². The number of hydrogen-bond acceptors (Lipinski definition) is 6. The molecule has 1 aromatic rings. The first-order valence-corrected chi connectivity index (χ1v) is 7.62. The third-order valence-electron chi connectivity index (χ3n) is 3.40. The Morgan fingerprint density at radius 2 is 1.56 bits per heavy atom. The van der Waals surface area contributed by atoms with Gasteiger partial charge in [0.15, 0.2) is 11.5 Å². The lowest BCUT2D eigenvalue weighted by Gasteiger charge is -2.18. The van der Waals surface area contributed by atoms with Crippen LogP contribution in [0.4, 0.5) is 0 Å². The summed E-state index contributed by atoms with van der Waals surface area (Å²) in [7, 11) is 4.55. The monoisotopic (exact) mass is 343 g/mol. The summed E-state index contributed by atoms with van der Waals surface area (Å²) in [5, 5.41) is 17.4. The Labute approximate surface area is 147 Å². The fraction of sp³-hybridized carbons (Fsp3) is 0.389. The van der Waals surface area contributed by atoms with Gasteiger partial charge < -0.3 is 19.1 Å². The van der Waals surface area contributed by atoms with E-state index >= 15 is 0 Å². The highest BCUT2D eigenvalue weighted by molar-refractivity contribution is 5.92. The van der Waals surface area contributed by atoms with Crippen LogP contribution in [0.1, 0.15) is 18.4 Å². The first kappa shape index (κ1) is 19.9. The number of rotatable bonds is 9. The number of benzene rings is 1. The third-order valence-corrected chi connectivity index (χ3v) is 3.40. The minimum Gasteiger partial charge on any atom is -0.493 e. The van der Waals surface area contributed by atoms with Gasteiger partial charge in [-0.05, 0) is 23.8 Å². The van der Waals surface area contributed by atoms with Crippen molar-refractivity contribution in [2.45, 2.75) is 12.8 Å². The molecule has 0 spiro atoms. The van der Waals surface area contributed by atoms with E-state index in [1.165, 1.54) is 32.3 Å². The van der Waals surface area contributed by atoms with Gasteiger partial charge in [-0.15, -0.1) is 0 Å². The molecular formula is C18H21N3O4. The van der Waals surface area contributed by atoms with Crippen molar-refractivity contribution < 1.29 is 19.0 Å². The first-order chi connectivity index (χ1) is 12.1. The second kappa shape index (κ2) is 10.6. The molecule has 1 rings (SSSR count). The second-order valence-electron chi connectivity index (χ2n) is 4.93. The van der Waals surface area contributed by atoms with Crippen molar-refractivity contribution in [3.8, 4) is 29.4 Å². The van der Waals surface area contributed by atoms with Crippen LogP contribution in [0.2, 0.25) is 0 Å². The molecule has 132 valence electrons. The molecule has 0 saturated heterocycles. The van der Waals surface area contributed by atoms with E-state index in [1.54, 1.807) is 18.2 Å². The molecule has 1 aromatic carbocycles. The van der Waals surface area contributed by atoms with E-state index < -0.39 is 0 Å². The Morgan fingerprint density at radius 1 is 1.04 bits per heavy atom. The molecular weight excluding hydrogens is 322 g/mol. The lowest BCUT2D eigenvalue weighted by molar-refractivity contribution is -0.125. The SMILES string of the molecule is COc1cc(C=CC(=O)N(CCC#N)CCC#N)cc(OC)c1OC. The molecule has 0 aliphatic rings. The average Bonchev–Trinajstić information content (AvgIpc) is 2.65. The van der Waals surface area contributed by atoms with Crippen LogP contribution in [0.15, 0.2) is 18.2 Å². The highest BCUT2D eigenvalue weighted by Crippen LogP contribution is 2.38. The van der Waals surface area contributed by atoms with E-state index in [0.717, 1.165) is 0 Å². The average molecular weight is 343 g/mol. The minimum absolute atomic E-state index is 0.217. The molecule has 0 fully saturated rings. The molecule has 25 heavy (non-hydrogen) atoms. The van der Waals surface area contributed by atoms with Crippen molar-refractivity contribution in [1.82, 2.24) is 4.90 Å². The Balaban J connectivity index is 3.00. The van der Waals surface area contributed by atoms with Gasteiger partial charge in [0.05, 0.1) is 46.3 Å². The summed E-state index contributed by atoms with van der Waals surface area (Å²) < 4.78 is 15.8. The van der Waals surface area contributed by atoms with E-state index in [2.05, 4.69) is 0 Å². The molecule has 1 amide bonds. The van der Waals surface area contributed by atoms with Crippen molar-refractivity contribution in [3.63, 3.8) is 0 Å². The van der Waals surface area contributed by atoms with E-state index in [1.807, 2.05) is 12.1 Å². The zero-order chi connectivity index (χ0) is 18.7. The Bertz CT molecular complexity index is 658. The summed E-state index contributed by atoms with van der Waals surface area (Å²) in [6.07, 6.45) is 3.46. The van der Waals surface area contributed by atoms with Crippen LogP contribution in [0.3, 0.4) is 0 Å². The number of ether oxygens (including phenoxy) is 3. The third kappa shape index (κ3) is 5.74. The lowest BCUT2D eigenvalue weighted by atomic mass is 10.1. The summed E-state index contributed by atoms with van der Waals surface area (Å²) in [6, 6.07) is 7.44. The summed E-state index contributed by atoms with van der Waals surface area (Å²) in [5.74, 6) is 1.18. The van der Waals surface area contributed by atoms with Crippen molar-refractivity contribution >= 4 is 12.0 Å². The quantitative estimate of drug-likeness (QED) is 0.639. The number of nitriles is 2. The first-order valence-electron chi connectivity index (χ1n) is 7.62. The van der Waals surface area contributed by atoms with Crippen LogP contribution in [0.5, 0.6) is 17.2 Å². The molecule has 0 saturated carbocycles. The van der Waals surface area contributed by atoms with Gasteiger partial charge in [-0.1, -0.05) is 0 Å². The number of carbonyl (C=O) groups is 1. The van der Waals surface area contributed by atoms with Crippen molar-refractivity contribution in [3.05, 3.63) is 23.8 Å². The molecule has 7 heteroatoms. The molecule has 0 aliphatic heterocycles. The van der Waals surface area contributed by atoms with Crippen LogP contribution in [0.25, 0.3) is 6.08 Å². The zero-order valence-electron chi connectivity index (χ0n) is 14.6. The molecule has 0 radical (unpaired) electrons. The number of methoxy groups -OCH3 is 3. The van der Waals surface area contributed by atoms with Gasteiger partial charge in [0.2, 0.25) is 11.7 Å². The van der Waals surface area contributed by atoms with E-state index in [9.17, 15) is 4.79 Å². The van der Waals surface area contributed by atoms with Crippen LogP contribution >= 0.6 is 0 Å².